The third-order valence-electron chi connectivity index (χ3n) is 1.81. The number of benzene rings is 1. The van der Waals surface area contributed by atoms with Crippen molar-refractivity contribution in [2.75, 3.05) is 0 Å². The van der Waals surface area contributed by atoms with Crippen LogP contribution in [0.5, 0.6) is 5.75 Å². The first-order valence-electron chi connectivity index (χ1n) is 3.68. The molecular formula is C8H11O4P. The van der Waals surface area contributed by atoms with Gasteiger partial charge in [-0.15, -0.1) is 0 Å². The fourth-order valence-electron chi connectivity index (χ4n) is 1.12. The van der Waals surface area contributed by atoms with Crippen molar-refractivity contribution in [3.8, 4) is 5.75 Å². The van der Waals surface area contributed by atoms with Crippen molar-refractivity contribution in [1.82, 2.24) is 0 Å². The minimum Gasteiger partial charge on any atom is -0.508 e. The maximum atomic E-state index is 10.9. The maximum Gasteiger partial charge on any atom is 0.356 e. The number of phenolic OH excluding ortho intramolecular Hbond substituents is 1. The third-order valence-corrected chi connectivity index (χ3v) is 2.90. The fourth-order valence-corrected chi connectivity index (χ4v) is 2.05. The second-order valence-corrected chi connectivity index (χ2v) is 4.54. The second-order valence-electron chi connectivity index (χ2n) is 2.97. The van der Waals surface area contributed by atoms with Gasteiger partial charge < -0.3 is 14.9 Å². The van der Waals surface area contributed by atoms with Crippen LogP contribution in [0.15, 0.2) is 12.1 Å². The highest BCUT2D eigenvalue weighted by molar-refractivity contribution is 7.60. The highest BCUT2D eigenvalue weighted by Crippen LogP contribution is 2.36. The fraction of sp³-hybridized carbons (Fsp3) is 0.250. The van der Waals surface area contributed by atoms with Crippen LogP contribution in [-0.2, 0) is 4.57 Å². The molecule has 4 nitrogen and oxygen atoms in total. The van der Waals surface area contributed by atoms with E-state index in [0.717, 1.165) is 0 Å². The predicted molar refractivity (Wildman–Crippen MR) is 49.3 cm³/mol. The van der Waals surface area contributed by atoms with E-state index in [-0.39, 0.29) is 16.6 Å². The Balaban J connectivity index is 3.46. The zero-order valence-electron chi connectivity index (χ0n) is 7.35. The Labute approximate surface area is 76.0 Å². The van der Waals surface area contributed by atoms with Crippen molar-refractivity contribution in [2.45, 2.75) is 13.8 Å². The van der Waals surface area contributed by atoms with Crippen molar-refractivity contribution in [3.63, 3.8) is 0 Å². The third kappa shape index (κ3) is 2.10. The Bertz CT molecular complexity index is 380. The Morgan fingerprint density at radius 3 is 2.23 bits per heavy atom. The maximum absolute atomic E-state index is 10.9. The SMILES string of the molecule is Cc1cc(O)c(C)c(P(=O)(O)O)c1. The van der Waals surface area contributed by atoms with Crippen LogP contribution in [0.4, 0.5) is 0 Å². The van der Waals surface area contributed by atoms with E-state index in [4.69, 9.17) is 9.79 Å². The van der Waals surface area contributed by atoms with Gasteiger partial charge in [-0.05, 0) is 31.5 Å². The topological polar surface area (TPSA) is 77.8 Å². The molecule has 1 aromatic carbocycles. The number of rotatable bonds is 1. The van der Waals surface area contributed by atoms with Crippen LogP contribution in [0.2, 0.25) is 0 Å². The molecule has 72 valence electrons. The lowest BCUT2D eigenvalue weighted by Crippen LogP contribution is -2.08. The summed E-state index contributed by atoms with van der Waals surface area (Å²) in [4.78, 5) is 17.8. The van der Waals surface area contributed by atoms with Gasteiger partial charge in [0, 0.05) is 5.56 Å². The lowest BCUT2D eigenvalue weighted by Gasteiger charge is -2.10. The van der Waals surface area contributed by atoms with Crippen molar-refractivity contribution < 1.29 is 19.5 Å². The molecule has 0 radical (unpaired) electrons. The van der Waals surface area contributed by atoms with Crippen LogP contribution in [0, 0.1) is 13.8 Å². The van der Waals surface area contributed by atoms with Crippen LogP contribution < -0.4 is 5.30 Å². The summed E-state index contributed by atoms with van der Waals surface area (Å²) in [6, 6.07) is 2.85. The van der Waals surface area contributed by atoms with Gasteiger partial charge in [-0.1, -0.05) is 0 Å². The summed E-state index contributed by atoms with van der Waals surface area (Å²) < 4.78 is 10.9. The summed E-state index contributed by atoms with van der Waals surface area (Å²) in [7, 11) is -4.27. The summed E-state index contributed by atoms with van der Waals surface area (Å²) >= 11 is 0. The van der Waals surface area contributed by atoms with Gasteiger partial charge in [0.2, 0.25) is 0 Å². The van der Waals surface area contributed by atoms with E-state index in [2.05, 4.69) is 0 Å². The molecule has 0 saturated heterocycles. The van der Waals surface area contributed by atoms with Crippen molar-refractivity contribution in [2.24, 2.45) is 0 Å². The Hall–Kier alpha value is -0.830. The Kier molecular flexibility index (Phi) is 2.48. The molecule has 0 saturated carbocycles. The van der Waals surface area contributed by atoms with Crippen LogP contribution in [0.1, 0.15) is 11.1 Å². The molecule has 3 N–H and O–H groups in total. The molecule has 13 heavy (non-hydrogen) atoms. The molecule has 0 atom stereocenters. The molecule has 0 fully saturated rings. The van der Waals surface area contributed by atoms with Crippen molar-refractivity contribution in [1.29, 1.82) is 0 Å². The molecule has 0 aromatic heterocycles. The number of phenols is 1. The molecule has 0 aliphatic heterocycles. The van der Waals surface area contributed by atoms with E-state index in [1.54, 1.807) is 6.92 Å². The zero-order chi connectivity index (χ0) is 10.2. The predicted octanol–water partition coefficient (Wildman–Crippen LogP) is 0.812. The molecule has 1 aromatic rings. The normalized spacial score (nSPS) is 11.7. The Morgan fingerprint density at radius 1 is 1.23 bits per heavy atom. The van der Waals surface area contributed by atoms with E-state index < -0.39 is 7.60 Å². The van der Waals surface area contributed by atoms with Gasteiger partial charge >= 0.3 is 7.60 Å². The molecule has 0 amide bonds. The van der Waals surface area contributed by atoms with Gasteiger partial charge in [0.1, 0.15) is 5.75 Å². The summed E-state index contributed by atoms with van der Waals surface area (Å²) in [5.74, 6) is -0.0849. The van der Waals surface area contributed by atoms with Crippen LogP contribution in [0.3, 0.4) is 0 Å². The largest absolute Gasteiger partial charge is 0.508 e. The molecule has 1 rings (SSSR count). The highest BCUT2D eigenvalue weighted by Gasteiger charge is 2.21. The minimum atomic E-state index is -4.27. The van der Waals surface area contributed by atoms with Crippen molar-refractivity contribution >= 4 is 12.9 Å². The molecule has 0 aliphatic carbocycles. The summed E-state index contributed by atoms with van der Waals surface area (Å²) in [6.45, 7) is 3.14. The molecular weight excluding hydrogens is 191 g/mol. The molecule has 0 spiro atoms. The first-order chi connectivity index (χ1) is 5.82. The van der Waals surface area contributed by atoms with Crippen LogP contribution in [0.25, 0.3) is 0 Å². The molecule has 0 heterocycles. The van der Waals surface area contributed by atoms with Crippen molar-refractivity contribution in [3.05, 3.63) is 23.3 Å². The van der Waals surface area contributed by atoms with E-state index in [1.807, 2.05) is 0 Å². The standard InChI is InChI=1S/C8H11O4P/c1-5-3-7(9)6(2)8(4-5)13(10,11)12/h3-4,9H,1-2H3,(H2,10,11,12). The quantitative estimate of drug-likeness (QED) is 0.589. The zero-order valence-corrected chi connectivity index (χ0v) is 8.25. The number of aromatic hydroxyl groups is 1. The monoisotopic (exact) mass is 202 g/mol. The summed E-state index contributed by atoms with van der Waals surface area (Å²) in [5, 5.41) is 9.19. The Morgan fingerprint density at radius 2 is 1.77 bits per heavy atom. The van der Waals surface area contributed by atoms with Crippen LogP contribution in [-0.4, -0.2) is 14.9 Å². The minimum absolute atomic E-state index is 0.0849. The van der Waals surface area contributed by atoms with Gasteiger partial charge in [0.15, 0.2) is 0 Å². The average Bonchev–Trinajstić information content (AvgIpc) is 1.94. The van der Waals surface area contributed by atoms with Gasteiger partial charge in [0.25, 0.3) is 0 Å². The summed E-state index contributed by atoms with van der Waals surface area (Å²) in [5.41, 5.74) is 0.861. The first kappa shape index (κ1) is 10.3. The van der Waals surface area contributed by atoms with Gasteiger partial charge in [-0.2, -0.15) is 0 Å². The lowest BCUT2D eigenvalue weighted by molar-refractivity contribution is 0.386. The first-order valence-corrected chi connectivity index (χ1v) is 5.30. The van der Waals surface area contributed by atoms with E-state index >= 15 is 0 Å². The van der Waals surface area contributed by atoms with E-state index in [0.29, 0.717) is 5.56 Å². The average molecular weight is 202 g/mol. The summed E-state index contributed by atoms with van der Waals surface area (Å²) in [6.07, 6.45) is 0. The van der Waals surface area contributed by atoms with E-state index in [1.165, 1.54) is 19.1 Å². The van der Waals surface area contributed by atoms with Gasteiger partial charge in [0.05, 0.1) is 5.30 Å². The van der Waals surface area contributed by atoms with E-state index in [9.17, 15) is 9.67 Å². The lowest BCUT2D eigenvalue weighted by atomic mass is 10.1. The molecule has 0 unspecified atom stereocenters. The molecule has 5 heteroatoms. The second kappa shape index (κ2) is 3.14. The number of hydrogen-bond acceptors (Lipinski definition) is 2. The number of hydrogen-bond donors (Lipinski definition) is 3. The van der Waals surface area contributed by atoms with Crippen LogP contribution >= 0.6 is 7.60 Å². The smallest absolute Gasteiger partial charge is 0.356 e. The van der Waals surface area contributed by atoms with Gasteiger partial charge in [-0.3, -0.25) is 4.57 Å². The highest BCUT2D eigenvalue weighted by atomic mass is 31.2. The molecule has 0 bridgehead atoms. The number of aryl methyl sites for hydroxylation is 1. The molecule has 0 aliphatic rings. The van der Waals surface area contributed by atoms with Gasteiger partial charge in [-0.25, -0.2) is 0 Å².